The van der Waals surface area contributed by atoms with E-state index in [1.165, 1.54) is 6.33 Å². The van der Waals surface area contributed by atoms with Gasteiger partial charge in [-0.25, -0.2) is 0 Å². The molecule has 0 amide bonds. The van der Waals surface area contributed by atoms with Crippen molar-refractivity contribution in [2.45, 2.75) is 0 Å². The van der Waals surface area contributed by atoms with E-state index in [0.717, 1.165) is 4.60 Å². The molecule has 32 valence electrons. The number of imidazole rings is 1. The van der Waals surface area contributed by atoms with Crippen LogP contribution in [0.3, 0.4) is 0 Å². The van der Waals surface area contributed by atoms with Gasteiger partial charge < -0.3 is 9.97 Å². The Labute approximate surface area is 72.1 Å². The molecule has 1 rings (SSSR count). The third-order valence-electron chi connectivity index (χ3n) is 0.429. The van der Waals surface area contributed by atoms with Gasteiger partial charge in [0.05, 0.1) is 0 Å². The van der Waals surface area contributed by atoms with Crippen LogP contribution in [0.1, 0.15) is 0 Å². The van der Waals surface area contributed by atoms with Crippen molar-refractivity contribution in [2.24, 2.45) is 0 Å². The van der Waals surface area contributed by atoms with Gasteiger partial charge in [0.15, 0.2) is 0 Å². The van der Waals surface area contributed by atoms with Crippen LogP contribution in [0.5, 0.6) is 0 Å². The molecule has 0 unspecified atom stereocenters. The summed E-state index contributed by atoms with van der Waals surface area (Å²) in [5.74, 6) is 0. The number of rotatable bonds is 0. The summed E-state index contributed by atoms with van der Waals surface area (Å²) in [6.07, 6.45) is 3.13. The molecule has 0 fully saturated rings. The normalized spacial score (nSPS) is 7.57. The Hall–Kier alpha value is 0.690. The maximum atomic E-state index is 3.72. The predicted molar refractivity (Wildman–Crippen MR) is 25.3 cm³/mol. The van der Waals surface area contributed by atoms with Gasteiger partial charge in [0, 0.05) is 0 Å². The minimum Gasteiger partial charge on any atom is -0.449 e. The Morgan fingerprint density at radius 3 is 2.57 bits per heavy atom. The average Bonchev–Trinajstić information content (AvgIpc) is 1.86. The van der Waals surface area contributed by atoms with E-state index in [4.69, 9.17) is 0 Å². The first-order valence-corrected chi connectivity index (χ1v) is 2.27. The fraction of sp³-hybridized carbons (Fsp3) is 0. The molecule has 2 nitrogen and oxygen atoms in total. The molecule has 0 aliphatic carbocycles. The molecule has 4 heteroatoms. The molecular formula is C3H2BrN2Na. The maximum absolute atomic E-state index is 3.72. The molecule has 7 heavy (non-hydrogen) atoms. The van der Waals surface area contributed by atoms with Crippen LogP contribution >= 0.6 is 15.9 Å². The van der Waals surface area contributed by atoms with Gasteiger partial charge in [0.1, 0.15) is 0 Å². The van der Waals surface area contributed by atoms with Crippen molar-refractivity contribution in [1.29, 1.82) is 0 Å². The van der Waals surface area contributed by atoms with E-state index in [0.29, 0.717) is 0 Å². The van der Waals surface area contributed by atoms with E-state index in [-0.39, 0.29) is 29.6 Å². The van der Waals surface area contributed by atoms with E-state index < -0.39 is 0 Å². The number of aromatic nitrogens is 2. The van der Waals surface area contributed by atoms with E-state index >= 15 is 0 Å². The Balaban J connectivity index is 0.000000360. The van der Waals surface area contributed by atoms with E-state index in [9.17, 15) is 0 Å². The van der Waals surface area contributed by atoms with E-state index in [2.05, 4.69) is 25.9 Å². The van der Waals surface area contributed by atoms with Gasteiger partial charge in [-0.15, -0.1) is 0 Å². The summed E-state index contributed by atoms with van der Waals surface area (Å²) in [6.45, 7) is 0. The molecule has 0 aromatic carbocycles. The number of halogens is 1. The SMILES string of the molecule is Brc1c[n-]cn1.[Na+]. The van der Waals surface area contributed by atoms with E-state index in [1.807, 2.05) is 0 Å². The molecule has 0 aliphatic heterocycles. The fourth-order valence-corrected chi connectivity index (χ4v) is 0.426. The largest absolute Gasteiger partial charge is 1.00 e. The first-order valence-electron chi connectivity index (χ1n) is 1.48. The van der Waals surface area contributed by atoms with Crippen molar-refractivity contribution < 1.29 is 29.6 Å². The Morgan fingerprint density at radius 1 is 1.71 bits per heavy atom. The second kappa shape index (κ2) is 3.66. The van der Waals surface area contributed by atoms with Crippen molar-refractivity contribution in [3.8, 4) is 0 Å². The van der Waals surface area contributed by atoms with Crippen LogP contribution in [0.15, 0.2) is 17.1 Å². The molecule has 0 saturated carbocycles. The number of hydrogen-bond acceptors (Lipinski definition) is 1. The fourth-order valence-electron chi connectivity index (χ4n) is 0.217. The molecule has 1 heterocycles. The van der Waals surface area contributed by atoms with Gasteiger partial charge in [-0.05, 0) is 4.60 Å². The van der Waals surface area contributed by atoms with Gasteiger partial charge in [-0.1, -0.05) is 28.5 Å². The minimum absolute atomic E-state index is 0. The Kier molecular flexibility index (Phi) is 4.02. The smallest absolute Gasteiger partial charge is 0.449 e. The first kappa shape index (κ1) is 7.69. The van der Waals surface area contributed by atoms with Crippen molar-refractivity contribution in [3.05, 3.63) is 17.1 Å². The van der Waals surface area contributed by atoms with Crippen molar-refractivity contribution in [1.82, 2.24) is 9.97 Å². The van der Waals surface area contributed by atoms with Crippen LogP contribution in [0.2, 0.25) is 0 Å². The summed E-state index contributed by atoms with van der Waals surface area (Å²) in [5.41, 5.74) is 0. The molecule has 1 aromatic heterocycles. The first-order chi connectivity index (χ1) is 2.89. The molecule has 1 aromatic rings. The summed E-state index contributed by atoms with van der Waals surface area (Å²) < 4.78 is 0.794. The molecule has 0 spiro atoms. The van der Waals surface area contributed by atoms with Gasteiger partial charge in [-0.3, -0.25) is 0 Å². The summed E-state index contributed by atoms with van der Waals surface area (Å²) in [7, 11) is 0. The van der Waals surface area contributed by atoms with Gasteiger partial charge in [-0.2, -0.15) is 0 Å². The molecule has 0 saturated heterocycles. The molecule has 0 atom stereocenters. The molecular weight excluding hydrogens is 167 g/mol. The van der Waals surface area contributed by atoms with E-state index in [1.54, 1.807) is 6.20 Å². The van der Waals surface area contributed by atoms with Crippen molar-refractivity contribution in [3.63, 3.8) is 0 Å². The third-order valence-corrected chi connectivity index (χ3v) is 0.838. The van der Waals surface area contributed by atoms with Crippen LogP contribution in [-0.4, -0.2) is 4.98 Å². The quantitative estimate of drug-likeness (QED) is 0.412. The summed E-state index contributed by atoms with van der Waals surface area (Å²) >= 11 is 3.11. The number of nitrogens with zero attached hydrogens (tertiary/aromatic N) is 2. The summed E-state index contributed by atoms with van der Waals surface area (Å²) in [4.78, 5) is 7.39. The zero-order valence-electron chi connectivity index (χ0n) is 3.93. The zero-order valence-corrected chi connectivity index (χ0v) is 7.51. The molecule has 0 radical (unpaired) electrons. The zero-order chi connectivity index (χ0) is 4.41. The second-order valence-electron chi connectivity index (χ2n) is 0.845. The van der Waals surface area contributed by atoms with Crippen LogP contribution in [0, 0.1) is 0 Å². The molecule has 0 N–H and O–H groups in total. The monoisotopic (exact) mass is 168 g/mol. The van der Waals surface area contributed by atoms with Crippen LogP contribution in [0.25, 0.3) is 0 Å². The summed E-state index contributed by atoms with van der Waals surface area (Å²) in [6, 6.07) is 0. The number of hydrogen-bond donors (Lipinski definition) is 0. The van der Waals surface area contributed by atoms with Crippen LogP contribution in [-0.2, 0) is 0 Å². The van der Waals surface area contributed by atoms with Crippen LogP contribution < -0.4 is 34.5 Å². The van der Waals surface area contributed by atoms with Gasteiger partial charge in [0.2, 0.25) is 0 Å². The predicted octanol–water partition coefficient (Wildman–Crippen LogP) is -2.19. The second-order valence-corrected chi connectivity index (χ2v) is 1.66. The standard InChI is InChI=1S/C3H2BrN2.Na/c4-3-1-5-2-6-3;/h1-2H;/q-1;+1. The molecule has 0 aliphatic rings. The topological polar surface area (TPSA) is 27.0 Å². The molecule has 0 bridgehead atoms. The van der Waals surface area contributed by atoms with Crippen LogP contribution in [0.4, 0.5) is 0 Å². The maximum Gasteiger partial charge on any atom is 1.00 e. The third kappa shape index (κ3) is 2.49. The van der Waals surface area contributed by atoms with Gasteiger partial charge >= 0.3 is 29.6 Å². The summed E-state index contributed by atoms with van der Waals surface area (Å²) in [5, 5.41) is 0. The Bertz CT molecular complexity index is 116. The Morgan fingerprint density at radius 2 is 2.43 bits per heavy atom. The van der Waals surface area contributed by atoms with Crippen molar-refractivity contribution in [2.75, 3.05) is 0 Å². The average molecular weight is 169 g/mol. The minimum atomic E-state index is 0. The van der Waals surface area contributed by atoms with Crippen molar-refractivity contribution >= 4 is 15.9 Å². The van der Waals surface area contributed by atoms with Gasteiger partial charge in [0.25, 0.3) is 0 Å².